The Morgan fingerprint density at radius 2 is 1.61 bits per heavy atom. The van der Waals surface area contributed by atoms with Crippen LogP contribution in [-0.4, -0.2) is 66.9 Å². The van der Waals surface area contributed by atoms with Gasteiger partial charge in [0.25, 0.3) is 10.0 Å². The van der Waals surface area contributed by atoms with Crippen LogP contribution in [0.4, 0.5) is 11.6 Å². The first kappa shape index (κ1) is 20.8. The predicted octanol–water partition coefficient (Wildman–Crippen LogP) is 3.08. The Morgan fingerprint density at radius 1 is 0.935 bits per heavy atom. The van der Waals surface area contributed by atoms with E-state index in [9.17, 15) is 8.42 Å². The molecular formula is C20H24N6O2S3. The van der Waals surface area contributed by atoms with Gasteiger partial charge in [-0.25, -0.2) is 23.4 Å². The van der Waals surface area contributed by atoms with Gasteiger partial charge in [-0.2, -0.15) is 4.31 Å². The topological polar surface area (TPSA) is 82.5 Å². The van der Waals surface area contributed by atoms with E-state index in [0.717, 1.165) is 40.3 Å². The normalized spacial score (nSPS) is 18.1. The molecule has 0 radical (unpaired) electrons. The highest BCUT2D eigenvalue weighted by atomic mass is 32.2. The number of nitrogens with zero attached hydrogens (tertiary/aromatic N) is 6. The molecule has 8 nitrogen and oxygen atoms in total. The zero-order valence-corrected chi connectivity index (χ0v) is 19.7. The Labute approximate surface area is 190 Å². The maximum atomic E-state index is 13.2. The fraction of sp³-hybridized carbons (Fsp3) is 0.450. The van der Waals surface area contributed by atoms with Gasteiger partial charge in [-0.1, -0.05) is 0 Å². The molecule has 11 heteroatoms. The van der Waals surface area contributed by atoms with Crippen molar-refractivity contribution in [3.05, 3.63) is 34.9 Å². The maximum absolute atomic E-state index is 13.2. The molecule has 0 aliphatic carbocycles. The molecule has 0 unspecified atom stereocenters. The third-order valence-corrected chi connectivity index (χ3v) is 9.93. The molecule has 0 N–H and O–H groups in total. The van der Waals surface area contributed by atoms with E-state index in [1.807, 2.05) is 24.4 Å². The number of thiophene rings is 1. The number of aromatic nitrogens is 3. The van der Waals surface area contributed by atoms with Crippen LogP contribution in [-0.2, 0) is 10.0 Å². The van der Waals surface area contributed by atoms with Gasteiger partial charge in [0.1, 0.15) is 22.2 Å². The zero-order chi connectivity index (χ0) is 21.4. The summed E-state index contributed by atoms with van der Waals surface area (Å²) in [5.41, 5.74) is 0.844. The van der Waals surface area contributed by atoms with Gasteiger partial charge in [-0.05, 0) is 31.9 Å². The Kier molecular flexibility index (Phi) is 5.67. The first-order chi connectivity index (χ1) is 15.0. The van der Waals surface area contributed by atoms with Gasteiger partial charge in [0.15, 0.2) is 0 Å². The minimum Gasteiger partial charge on any atom is -0.356 e. The summed E-state index contributed by atoms with van der Waals surface area (Å²) in [5.74, 6) is 1.83. The molecule has 2 saturated heterocycles. The van der Waals surface area contributed by atoms with E-state index in [0.29, 0.717) is 30.4 Å². The Hall–Kier alpha value is -2.08. The maximum Gasteiger partial charge on any atom is 0.252 e. The second-order valence-electron chi connectivity index (χ2n) is 7.69. The first-order valence-electron chi connectivity index (χ1n) is 10.4. The second kappa shape index (κ2) is 8.45. The lowest BCUT2D eigenvalue weighted by Crippen LogP contribution is -2.48. The number of hydrogen-bond acceptors (Lipinski definition) is 9. The lowest BCUT2D eigenvalue weighted by Gasteiger charge is -2.34. The van der Waals surface area contributed by atoms with Crippen LogP contribution in [0.2, 0.25) is 0 Å². The van der Waals surface area contributed by atoms with Gasteiger partial charge in [-0.15, -0.1) is 22.7 Å². The van der Waals surface area contributed by atoms with Crippen LogP contribution in [0.5, 0.6) is 0 Å². The monoisotopic (exact) mass is 476 g/mol. The van der Waals surface area contributed by atoms with E-state index in [1.54, 1.807) is 28.0 Å². The van der Waals surface area contributed by atoms with Crippen molar-refractivity contribution in [1.82, 2.24) is 19.3 Å². The van der Waals surface area contributed by atoms with Gasteiger partial charge in [0.2, 0.25) is 0 Å². The molecule has 0 atom stereocenters. The minimum absolute atomic E-state index is 0.375. The van der Waals surface area contributed by atoms with Crippen molar-refractivity contribution in [3.8, 4) is 10.6 Å². The van der Waals surface area contributed by atoms with E-state index in [2.05, 4.69) is 24.8 Å². The average Bonchev–Trinajstić information content (AvgIpc) is 3.55. The predicted molar refractivity (Wildman–Crippen MR) is 125 cm³/mol. The Morgan fingerprint density at radius 3 is 2.26 bits per heavy atom. The molecule has 5 rings (SSSR count). The van der Waals surface area contributed by atoms with Gasteiger partial charge in [-0.3, -0.25) is 0 Å². The SMILES string of the molecule is Cc1nc(-c2ccc(S(=O)(=O)N3CCN(c4cc(N5CCCC5)ncn4)CC3)s2)cs1. The van der Waals surface area contributed by atoms with E-state index >= 15 is 0 Å². The van der Waals surface area contributed by atoms with Crippen molar-refractivity contribution in [3.63, 3.8) is 0 Å². The summed E-state index contributed by atoms with van der Waals surface area (Å²) in [6, 6.07) is 5.57. The molecule has 0 amide bonds. The molecule has 3 aromatic heterocycles. The summed E-state index contributed by atoms with van der Waals surface area (Å²) < 4.78 is 28.3. The third kappa shape index (κ3) is 4.19. The number of piperazine rings is 1. The van der Waals surface area contributed by atoms with Crippen LogP contribution in [0.3, 0.4) is 0 Å². The number of anilines is 2. The number of hydrogen-bond donors (Lipinski definition) is 0. The fourth-order valence-corrected chi connectivity index (χ4v) is 7.52. The summed E-state index contributed by atoms with van der Waals surface area (Å²) in [7, 11) is -3.51. The molecule has 0 saturated carbocycles. The molecule has 0 bridgehead atoms. The van der Waals surface area contributed by atoms with Crippen molar-refractivity contribution in [2.45, 2.75) is 24.0 Å². The molecule has 0 aromatic carbocycles. The van der Waals surface area contributed by atoms with Crippen molar-refractivity contribution < 1.29 is 8.42 Å². The zero-order valence-electron chi connectivity index (χ0n) is 17.3. The van der Waals surface area contributed by atoms with Crippen molar-refractivity contribution >= 4 is 44.3 Å². The summed E-state index contributed by atoms with van der Waals surface area (Å²) in [5, 5.41) is 2.94. The fourth-order valence-electron chi connectivity index (χ4n) is 3.99. The quantitative estimate of drug-likeness (QED) is 0.560. The van der Waals surface area contributed by atoms with Crippen molar-refractivity contribution in [1.29, 1.82) is 0 Å². The highest BCUT2D eigenvalue weighted by molar-refractivity contribution is 7.91. The average molecular weight is 477 g/mol. The van der Waals surface area contributed by atoms with Gasteiger partial charge >= 0.3 is 0 Å². The number of aryl methyl sites for hydroxylation is 1. The highest BCUT2D eigenvalue weighted by Crippen LogP contribution is 2.33. The lowest BCUT2D eigenvalue weighted by atomic mass is 10.3. The van der Waals surface area contributed by atoms with Gasteiger partial charge < -0.3 is 9.80 Å². The van der Waals surface area contributed by atoms with E-state index in [-0.39, 0.29) is 0 Å². The number of thiazole rings is 1. The van der Waals surface area contributed by atoms with Crippen molar-refractivity contribution in [2.75, 3.05) is 49.1 Å². The van der Waals surface area contributed by atoms with Crippen molar-refractivity contribution in [2.24, 2.45) is 0 Å². The molecule has 164 valence electrons. The molecule has 0 spiro atoms. The van der Waals surface area contributed by atoms with Gasteiger partial charge in [0.05, 0.1) is 15.6 Å². The summed E-state index contributed by atoms with van der Waals surface area (Å²) in [6.45, 7) is 6.11. The van der Waals surface area contributed by atoms with E-state index in [4.69, 9.17) is 0 Å². The lowest BCUT2D eigenvalue weighted by molar-refractivity contribution is 0.384. The van der Waals surface area contributed by atoms with Crippen LogP contribution in [0.25, 0.3) is 10.6 Å². The molecular weight excluding hydrogens is 452 g/mol. The van der Waals surface area contributed by atoms with Crippen LogP contribution in [0.1, 0.15) is 17.8 Å². The van der Waals surface area contributed by atoms with E-state index in [1.165, 1.54) is 24.2 Å². The summed E-state index contributed by atoms with van der Waals surface area (Å²) >= 11 is 2.86. The Bertz CT molecular complexity index is 1160. The minimum atomic E-state index is -3.51. The Balaban J connectivity index is 1.27. The standard InChI is InChI=1S/C20H24N6O2S3/c1-15-23-16(13-29-15)17-4-5-20(30-17)31(27,28)26-10-8-25(9-11-26)19-12-18(21-14-22-19)24-6-2-3-7-24/h4-5,12-14H,2-3,6-11H2,1H3. The summed E-state index contributed by atoms with van der Waals surface area (Å²) in [6.07, 6.45) is 4.00. The summed E-state index contributed by atoms with van der Waals surface area (Å²) in [4.78, 5) is 18.6. The largest absolute Gasteiger partial charge is 0.356 e. The third-order valence-electron chi connectivity index (χ3n) is 5.68. The molecule has 2 fully saturated rings. The number of sulfonamides is 1. The van der Waals surface area contributed by atoms with Crippen LogP contribution in [0, 0.1) is 6.92 Å². The van der Waals surface area contributed by atoms with Crippen LogP contribution >= 0.6 is 22.7 Å². The van der Waals surface area contributed by atoms with Crippen LogP contribution in [0.15, 0.2) is 34.1 Å². The molecule has 31 heavy (non-hydrogen) atoms. The molecule has 5 heterocycles. The second-order valence-corrected chi connectivity index (χ2v) is 12.0. The van der Waals surface area contributed by atoms with Gasteiger partial charge in [0, 0.05) is 50.7 Å². The highest BCUT2D eigenvalue weighted by Gasteiger charge is 2.30. The molecule has 3 aromatic rings. The first-order valence-corrected chi connectivity index (χ1v) is 13.5. The smallest absolute Gasteiger partial charge is 0.252 e. The number of rotatable bonds is 5. The molecule has 2 aliphatic heterocycles. The molecule has 2 aliphatic rings. The van der Waals surface area contributed by atoms with E-state index < -0.39 is 10.0 Å². The van der Waals surface area contributed by atoms with Crippen LogP contribution < -0.4 is 9.80 Å².